The number of rotatable bonds is 6. The van der Waals surface area contributed by atoms with Gasteiger partial charge in [0.15, 0.2) is 0 Å². The summed E-state index contributed by atoms with van der Waals surface area (Å²) < 4.78 is 0. The van der Waals surface area contributed by atoms with Crippen molar-refractivity contribution in [2.75, 3.05) is 4.81 Å². The van der Waals surface area contributed by atoms with Gasteiger partial charge in [-0.25, -0.2) is 0 Å². The Bertz CT molecular complexity index is 1590. The van der Waals surface area contributed by atoms with Gasteiger partial charge in [0.05, 0.1) is 0 Å². The normalized spacial score (nSPS) is 15.6. The average molecular weight is 489 g/mol. The lowest BCUT2D eigenvalue weighted by molar-refractivity contribution is 1.18. The molecule has 0 amide bonds. The molecule has 1 nitrogen and oxygen atoms in total. The zero-order chi connectivity index (χ0) is 26.8. The first kappa shape index (κ1) is 25.1. The van der Waals surface area contributed by atoms with Crippen LogP contribution in [0, 0.1) is 0 Å². The zero-order valence-corrected chi connectivity index (χ0v) is 22.2. The molecule has 0 aromatic heterocycles. The molecule has 0 spiro atoms. The maximum absolute atomic E-state index is 4.59. The summed E-state index contributed by atoms with van der Waals surface area (Å²) in [7, 11) is 0. The molecule has 5 rings (SSSR count). The topological polar surface area (TPSA) is 3.24 Å². The summed E-state index contributed by atoms with van der Waals surface area (Å²) in [6.45, 7) is 21.2. The van der Waals surface area contributed by atoms with Crippen LogP contribution in [0.4, 0.5) is 5.69 Å². The number of para-hydroxylation sites is 1. The number of nitrogens with zero attached hydrogens (tertiary/aromatic N) is 1. The molecule has 184 valence electrons. The minimum atomic E-state index is -0.0566. The van der Waals surface area contributed by atoms with E-state index in [9.17, 15) is 0 Å². The number of hydrogen-bond acceptors (Lipinski definition) is 1. The summed E-state index contributed by atoms with van der Waals surface area (Å²) in [4.78, 5) is 2.47. The van der Waals surface area contributed by atoms with E-state index in [4.69, 9.17) is 0 Å². The Balaban J connectivity index is 1.80. The molecule has 2 aliphatic heterocycles. The van der Waals surface area contributed by atoms with E-state index in [1.165, 1.54) is 39.1 Å². The van der Waals surface area contributed by atoms with Gasteiger partial charge in [-0.2, -0.15) is 0 Å². The summed E-state index contributed by atoms with van der Waals surface area (Å²) in [6.07, 6.45) is 12.1. The molecule has 2 aliphatic rings. The Kier molecular flexibility index (Phi) is 6.90. The maximum atomic E-state index is 4.59. The van der Waals surface area contributed by atoms with E-state index in [0.29, 0.717) is 0 Å². The summed E-state index contributed by atoms with van der Waals surface area (Å²) in [5.74, 6) is 0. The first-order chi connectivity index (χ1) is 18.5. The standard InChI is InChI=1S/C36H32BN/c1-7-9-16-25(3)26(4)23-33-27(5)28(6)35(15-8-2)38-36-20-14-13-19-32(36)31-22-21-30(24-34(31)37(33)38)29-17-11-10-12-18-29/h7-24H,1,3-5H2,2,6H3/b15-8-,16-9-,33-23+. The van der Waals surface area contributed by atoms with Crippen molar-refractivity contribution in [1.82, 2.24) is 0 Å². The molecule has 2 heterocycles. The Morgan fingerprint density at radius 1 is 0.868 bits per heavy atom. The molecule has 0 N–H and O–H groups in total. The number of anilines is 1. The van der Waals surface area contributed by atoms with Crippen LogP contribution in [-0.2, 0) is 0 Å². The molecule has 3 aromatic rings. The van der Waals surface area contributed by atoms with Crippen molar-refractivity contribution in [1.29, 1.82) is 0 Å². The fraction of sp³-hybridized carbons (Fsp3) is 0.0556. The van der Waals surface area contributed by atoms with Gasteiger partial charge in [-0.1, -0.05) is 123 Å². The second-order valence-electron chi connectivity index (χ2n) is 9.69. The molecule has 2 heteroatoms. The van der Waals surface area contributed by atoms with Gasteiger partial charge in [0, 0.05) is 16.9 Å². The van der Waals surface area contributed by atoms with Gasteiger partial charge in [0.2, 0.25) is 0 Å². The molecule has 0 radical (unpaired) electrons. The van der Waals surface area contributed by atoms with Crippen molar-refractivity contribution in [2.24, 2.45) is 0 Å². The van der Waals surface area contributed by atoms with Gasteiger partial charge in [0.25, 0.3) is 0 Å². The van der Waals surface area contributed by atoms with Gasteiger partial charge in [-0.15, -0.1) is 0 Å². The Morgan fingerprint density at radius 3 is 2.34 bits per heavy atom. The second kappa shape index (κ2) is 10.4. The van der Waals surface area contributed by atoms with Gasteiger partial charge < -0.3 is 4.81 Å². The van der Waals surface area contributed by atoms with Gasteiger partial charge in [-0.3, -0.25) is 0 Å². The van der Waals surface area contributed by atoms with Crippen LogP contribution in [0.1, 0.15) is 13.8 Å². The highest BCUT2D eigenvalue weighted by Crippen LogP contribution is 2.45. The molecule has 0 saturated carbocycles. The SMILES string of the molecule is C=C/C=C\C(=C)C(=C)/C=C1/B2c3cc(-c4ccccc4)ccc3-c3ccccc3N2C(/C=C\C)=C(C)C1=C. The lowest BCUT2D eigenvalue weighted by Gasteiger charge is -2.45. The van der Waals surface area contributed by atoms with Crippen LogP contribution >= 0.6 is 0 Å². The van der Waals surface area contributed by atoms with E-state index in [-0.39, 0.29) is 6.85 Å². The molecule has 3 aromatic carbocycles. The largest absolute Gasteiger partial charge is 0.376 e. The van der Waals surface area contributed by atoms with Crippen LogP contribution in [0.5, 0.6) is 0 Å². The molecule has 0 fully saturated rings. The quantitative estimate of drug-likeness (QED) is 0.247. The molecule has 0 unspecified atom stereocenters. The van der Waals surface area contributed by atoms with Crippen molar-refractivity contribution < 1.29 is 0 Å². The van der Waals surface area contributed by atoms with E-state index < -0.39 is 0 Å². The molecular formula is C36H32BN. The summed E-state index contributed by atoms with van der Waals surface area (Å²) in [6, 6.07) is 26.1. The first-order valence-corrected chi connectivity index (χ1v) is 13.0. The molecule has 38 heavy (non-hydrogen) atoms. The van der Waals surface area contributed by atoms with Crippen molar-refractivity contribution >= 4 is 18.0 Å². The van der Waals surface area contributed by atoms with Crippen LogP contribution in [0.3, 0.4) is 0 Å². The van der Waals surface area contributed by atoms with Crippen LogP contribution in [-0.4, -0.2) is 6.85 Å². The Hall–Kier alpha value is -4.56. The van der Waals surface area contributed by atoms with Gasteiger partial charge >= 0.3 is 6.85 Å². The first-order valence-electron chi connectivity index (χ1n) is 13.0. The minimum absolute atomic E-state index is 0.0566. The van der Waals surface area contributed by atoms with E-state index in [2.05, 4.69) is 136 Å². The molecule has 0 saturated heterocycles. The van der Waals surface area contributed by atoms with Crippen LogP contribution in [0.15, 0.2) is 169 Å². The molecule has 0 aliphatic carbocycles. The fourth-order valence-electron chi connectivity index (χ4n) is 5.43. The monoisotopic (exact) mass is 489 g/mol. The van der Waals surface area contributed by atoms with E-state index in [1.807, 2.05) is 12.2 Å². The van der Waals surface area contributed by atoms with Crippen LogP contribution < -0.4 is 10.3 Å². The predicted octanol–water partition coefficient (Wildman–Crippen LogP) is 8.78. The highest BCUT2D eigenvalue weighted by Gasteiger charge is 2.43. The van der Waals surface area contributed by atoms with Crippen LogP contribution in [0.25, 0.3) is 22.3 Å². The lowest BCUT2D eigenvalue weighted by Crippen LogP contribution is -2.55. The predicted molar refractivity (Wildman–Crippen MR) is 168 cm³/mol. The smallest absolute Gasteiger partial charge is 0.329 e. The van der Waals surface area contributed by atoms with E-state index in [0.717, 1.165) is 27.8 Å². The maximum Gasteiger partial charge on any atom is 0.329 e. The number of fused-ring (bicyclic) bond motifs is 6. The third kappa shape index (κ3) is 4.29. The molecule has 0 atom stereocenters. The van der Waals surface area contributed by atoms with Crippen molar-refractivity contribution in [3.05, 3.63) is 169 Å². The summed E-state index contributed by atoms with van der Waals surface area (Å²) in [5, 5.41) is 0. The second-order valence-corrected chi connectivity index (χ2v) is 9.69. The third-order valence-corrected chi connectivity index (χ3v) is 7.40. The number of hydrogen-bond donors (Lipinski definition) is 0. The number of allylic oxidation sites excluding steroid dienone is 11. The fourth-order valence-corrected chi connectivity index (χ4v) is 5.43. The highest BCUT2D eigenvalue weighted by molar-refractivity contribution is 6.87. The number of benzene rings is 3. The Labute approximate surface area is 227 Å². The van der Waals surface area contributed by atoms with Crippen LogP contribution in [0.2, 0.25) is 0 Å². The molecule has 0 bridgehead atoms. The third-order valence-electron chi connectivity index (χ3n) is 7.40. The average Bonchev–Trinajstić information content (AvgIpc) is 2.95. The summed E-state index contributed by atoms with van der Waals surface area (Å²) >= 11 is 0. The zero-order valence-electron chi connectivity index (χ0n) is 22.2. The van der Waals surface area contributed by atoms with Gasteiger partial charge in [-0.05, 0) is 75.9 Å². The minimum Gasteiger partial charge on any atom is -0.376 e. The van der Waals surface area contributed by atoms with Crippen molar-refractivity contribution in [3.63, 3.8) is 0 Å². The van der Waals surface area contributed by atoms with Crippen molar-refractivity contribution in [2.45, 2.75) is 13.8 Å². The summed E-state index contributed by atoms with van der Waals surface area (Å²) in [5.41, 5.74) is 13.5. The van der Waals surface area contributed by atoms with E-state index >= 15 is 0 Å². The lowest BCUT2D eigenvalue weighted by atomic mass is 9.41. The van der Waals surface area contributed by atoms with Gasteiger partial charge in [0.1, 0.15) is 0 Å². The van der Waals surface area contributed by atoms with Crippen molar-refractivity contribution in [3.8, 4) is 22.3 Å². The Morgan fingerprint density at radius 2 is 1.61 bits per heavy atom. The highest BCUT2D eigenvalue weighted by atomic mass is 15.1. The molecular weight excluding hydrogens is 457 g/mol. The van der Waals surface area contributed by atoms with E-state index in [1.54, 1.807) is 6.08 Å².